The first kappa shape index (κ1) is 25.8. The smallest absolute Gasteiger partial charge is 0.341 e. The van der Waals surface area contributed by atoms with Gasteiger partial charge in [0.2, 0.25) is 5.91 Å². The van der Waals surface area contributed by atoms with E-state index in [1.54, 1.807) is 11.8 Å². The highest BCUT2D eigenvalue weighted by atomic mass is 32.2. The zero-order chi connectivity index (χ0) is 24.9. The number of ether oxygens (including phenoxy) is 1. The van der Waals surface area contributed by atoms with Gasteiger partial charge in [-0.1, -0.05) is 36.4 Å². The van der Waals surface area contributed by atoms with E-state index in [1.165, 1.54) is 45.5 Å². The number of benzene rings is 1. The van der Waals surface area contributed by atoms with E-state index in [2.05, 4.69) is 53.6 Å². The molecule has 2 heterocycles. The fourth-order valence-corrected chi connectivity index (χ4v) is 7.16. The van der Waals surface area contributed by atoms with Crippen molar-refractivity contribution in [2.75, 3.05) is 18.2 Å². The summed E-state index contributed by atoms with van der Waals surface area (Å²) in [5.74, 6) is 1.79. The van der Waals surface area contributed by atoms with Crippen LogP contribution in [0.5, 0.6) is 0 Å². The van der Waals surface area contributed by atoms with Gasteiger partial charge in [-0.15, -0.1) is 33.3 Å². The Bertz CT molecular complexity index is 1200. The lowest BCUT2D eigenvalue weighted by molar-refractivity contribution is -0.113. The predicted molar refractivity (Wildman–Crippen MR) is 143 cm³/mol. The van der Waals surface area contributed by atoms with Crippen LogP contribution in [0.4, 0.5) is 5.00 Å². The van der Waals surface area contributed by atoms with Crippen LogP contribution in [-0.4, -0.2) is 39.5 Å². The Morgan fingerprint density at radius 3 is 2.71 bits per heavy atom. The number of rotatable bonds is 9. The molecular formula is C25H30N4O3S3. The molecule has 4 rings (SSSR count). The molecule has 0 saturated carbocycles. The number of thiophene rings is 1. The lowest BCUT2D eigenvalue weighted by Gasteiger charge is -2.18. The van der Waals surface area contributed by atoms with E-state index < -0.39 is 0 Å². The van der Waals surface area contributed by atoms with Crippen molar-refractivity contribution in [2.24, 2.45) is 5.92 Å². The molecule has 0 aliphatic heterocycles. The number of methoxy groups -OCH3 is 1. The van der Waals surface area contributed by atoms with Crippen LogP contribution < -0.4 is 5.32 Å². The average Bonchev–Trinajstić information content (AvgIpc) is 3.41. The highest BCUT2D eigenvalue weighted by Crippen LogP contribution is 2.40. The number of hydrogen-bond acceptors (Lipinski definition) is 8. The normalized spacial score (nSPS) is 15.0. The summed E-state index contributed by atoms with van der Waals surface area (Å²) in [7, 11) is 1.38. The SMILES string of the molecule is CCn1c(CSc2ccc(C)cc2)nnc1SCC(=O)Nc1sc2c(c1C(=O)OC)CCC(C)C2. The number of fused-ring (bicyclic) bond motifs is 1. The monoisotopic (exact) mass is 530 g/mol. The van der Waals surface area contributed by atoms with Crippen LogP contribution in [0.15, 0.2) is 34.3 Å². The van der Waals surface area contributed by atoms with Crippen molar-refractivity contribution >= 4 is 51.7 Å². The molecule has 10 heteroatoms. The standard InChI is InChI=1S/C25H30N4O3S3/c1-5-29-20(13-33-17-9-6-15(2)7-10-17)27-28-25(29)34-14-21(30)26-23-22(24(31)32-4)18-11-8-16(3)12-19(18)35-23/h6-7,9-10,16H,5,8,11-14H2,1-4H3,(H,26,30). The van der Waals surface area contributed by atoms with Crippen LogP contribution in [0.3, 0.4) is 0 Å². The lowest BCUT2D eigenvalue weighted by atomic mass is 9.88. The fraction of sp³-hybridized carbons (Fsp3) is 0.440. The van der Waals surface area contributed by atoms with Crippen LogP contribution in [-0.2, 0) is 34.7 Å². The minimum absolute atomic E-state index is 0.173. The number of aryl methyl sites for hydroxylation is 1. The summed E-state index contributed by atoms with van der Waals surface area (Å²) in [5.41, 5.74) is 2.79. The van der Waals surface area contributed by atoms with Gasteiger partial charge in [-0.05, 0) is 56.7 Å². The summed E-state index contributed by atoms with van der Waals surface area (Å²) in [5, 5.41) is 13.0. The fourth-order valence-electron chi connectivity index (χ4n) is 4.08. The van der Waals surface area contributed by atoms with Crippen molar-refractivity contribution in [1.29, 1.82) is 0 Å². The number of esters is 1. The Balaban J connectivity index is 1.40. The summed E-state index contributed by atoms with van der Waals surface area (Å²) < 4.78 is 7.07. The maximum Gasteiger partial charge on any atom is 0.341 e. The Labute approximate surface area is 218 Å². The van der Waals surface area contributed by atoms with Crippen molar-refractivity contribution in [1.82, 2.24) is 14.8 Å². The Morgan fingerprint density at radius 1 is 1.23 bits per heavy atom. The molecule has 0 saturated heterocycles. The molecule has 1 N–H and O–H groups in total. The molecule has 0 bridgehead atoms. The van der Waals surface area contributed by atoms with Gasteiger partial charge in [0.05, 0.1) is 24.2 Å². The van der Waals surface area contributed by atoms with Crippen molar-refractivity contribution in [3.05, 3.63) is 51.7 Å². The lowest BCUT2D eigenvalue weighted by Crippen LogP contribution is -2.17. The Hall–Kier alpha value is -2.30. The van der Waals surface area contributed by atoms with Gasteiger partial charge in [0, 0.05) is 16.3 Å². The van der Waals surface area contributed by atoms with Crippen LogP contribution in [0.25, 0.3) is 0 Å². The summed E-state index contributed by atoms with van der Waals surface area (Å²) in [6.07, 6.45) is 2.80. The largest absolute Gasteiger partial charge is 0.465 e. The quantitative estimate of drug-likeness (QED) is 0.285. The van der Waals surface area contributed by atoms with Crippen LogP contribution >= 0.6 is 34.9 Å². The van der Waals surface area contributed by atoms with E-state index in [0.717, 1.165) is 42.4 Å². The van der Waals surface area contributed by atoms with Gasteiger partial charge in [-0.25, -0.2) is 4.79 Å². The predicted octanol–water partition coefficient (Wildman–Crippen LogP) is 5.60. The summed E-state index contributed by atoms with van der Waals surface area (Å²) in [4.78, 5) is 27.7. The first-order valence-electron chi connectivity index (χ1n) is 11.7. The number of nitrogens with one attached hydrogen (secondary N) is 1. The van der Waals surface area contributed by atoms with E-state index in [9.17, 15) is 9.59 Å². The van der Waals surface area contributed by atoms with Gasteiger partial charge in [-0.3, -0.25) is 4.79 Å². The van der Waals surface area contributed by atoms with Crippen LogP contribution in [0, 0.1) is 12.8 Å². The van der Waals surface area contributed by atoms with Gasteiger partial charge in [0.15, 0.2) is 5.16 Å². The molecule has 1 amide bonds. The molecular weight excluding hydrogens is 501 g/mol. The first-order chi connectivity index (χ1) is 16.9. The third kappa shape index (κ3) is 6.10. The topological polar surface area (TPSA) is 86.1 Å². The number of carbonyl (C=O) groups is 2. The van der Waals surface area contributed by atoms with Gasteiger partial charge < -0.3 is 14.6 Å². The van der Waals surface area contributed by atoms with Gasteiger partial charge in [0.1, 0.15) is 10.8 Å². The molecule has 3 aromatic rings. The number of nitrogens with zero attached hydrogens (tertiary/aromatic N) is 3. The minimum atomic E-state index is -0.388. The second-order valence-corrected chi connectivity index (χ2v) is 11.7. The molecule has 35 heavy (non-hydrogen) atoms. The number of anilines is 1. The summed E-state index contributed by atoms with van der Waals surface area (Å²) >= 11 is 4.57. The van der Waals surface area contributed by atoms with Crippen molar-refractivity contribution < 1.29 is 14.3 Å². The molecule has 1 aliphatic carbocycles. The average molecular weight is 531 g/mol. The highest BCUT2D eigenvalue weighted by Gasteiger charge is 2.29. The Morgan fingerprint density at radius 2 is 2.00 bits per heavy atom. The van der Waals surface area contributed by atoms with E-state index in [1.807, 2.05) is 11.5 Å². The minimum Gasteiger partial charge on any atom is -0.465 e. The summed E-state index contributed by atoms with van der Waals surface area (Å²) in [6.45, 7) is 7.06. The molecule has 1 aromatic carbocycles. The van der Waals surface area contributed by atoms with Gasteiger partial charge in [0.25, 0.3) is 0 Å². The molecule has 7 nitrogen and oxygen atoms in total. The van der Waals surface area contributed by atoms with E-state index in [4.69, 9.17) is 4.74 Å². The number of amides is 1. The molecule has 1 aliphatic rings. The number of hydrogen-bond donors (Lipinski definition) is 1. The zero-order valence-electron chi connectivity index (χ0n) is 20.4. The molecule has 186 valence electrons. The van der Waals surface area contributed by atoms with Crippen molar-refractivity contribution in [3.8, 4) is 0 Å². The van der Waals surface area contributed by atoms with E-state index in [0.29, 0.717) is 22.2 Å². The molecule has 1 atom stereocenters. The molecule has 1 unspecified atom stereocenters. The van der Waals surface area contributed by atoms with Crippen LogP contribution in [0.1, 0.15) is 52.5 Å². The number of carbonyl (C=O) groups excluding carboxylic acids is 2. The first-order valence-corrected chi connectivity index (χ1v) is 14.4. The van der Waals surface area contributed by atoms with Crippen molar-refractivity contribution in [2.45, 2.75) is 62.4 Å². The maximum atomic E-state index is 12.8. The third-order valence-electron chi connectivity index (χ3n) is 5.99. The molecule has 0 fully saturated rings. The Kier molecular flexibility index (Phi) is 8.56. The summed E-state index contributed by atoms with van der Waals surface area (Å²) in [6, 6.07) is 8.42. The molecule has 0 radical (unpaired) electrons. The second-order valence-electron chi connectivity index (χ2n) is 8.63. The van der Waals surface area contributed by atoms with Gasteiger partial charge >= 0.3 is 5.97 Å². The number of aromatic nitrogens is 3. The molecule has 2 aromatic heterocycles. The zero-order valence-corrected chi connectivity index (χ0v) is 22.9. The van der Waals surface area contributed by atoms with E-state index >= 15 is 0 Å². The molecule has 0 spiro atoms. The van der Waals surface area contributed by atoms with Gasteiger partial charge in [-0.2, -0.15) is 0 Å². The third-order valence-corrected chi connectivity index (χ3v) is 9.13. The van der Waals surface area contributed by atoms with Crippen molar-refractivity contribution in [3.63, 3.8) is 0 Å². The van der Waals surface area contributed by atoms with E-state index in [-0.39, 0.29) is 17.6 Å². The maximum absolute atomic E-state index is 12.8. The van der Waals surface area contributed by atoms with Crippen LogP contribution in [0.2, 0.25) is 0 Å². The highest BCUT2D eigenvalue weighted by molar-refractivity contribution is 7.99. The second kappa shape index (κ2) is 11.6. The number of thioether (sulfide) groups is 2.